The van der Waals surface area contributed by atoms with E-state index in [1.54, 1.807) is 25.1 Å². The summed E-state index contributed by atoms with van der Waals surface area (Å²) in [4.78, 5) is 0. The smallest absolute Gasteiger partial charge is 0.512 e. The first-order valence-corrected chi connectivity index (χ1v) is 5.49. The molecule has 1 aromatic carbocycles. The number of halogens is 1. The van der Waals surface area contributed by atoms with Crippen molar-refractivity contribution in [2.45, 2.75) is 13.3 Å². The quantitative estimate of drug-likeness (QED) is 0.450. The lowest BCUT2D eigenvalue weighted by atomic mass is 10.1. The van der Waals surface area contributed by atoms with Crippen molar-refractivity contribution in [2.75, 3.05) is 12.5 Å². The van der Waals surface area contributed by atoms with Crippen LogP contribution < -0.4 is 9.39 Å². The highest BCUT2D eigenvalue weighted by Crippen LogP contribution is 2.27. The summed E-state index contributed by atoms with van der Waals surface area (Å²) < 4.78 is 10.3. The molecule has 88 valence electrons. The van der Waals surface area contributed by atoms with E-state index >= 15 is 0 Å². The zero-order valence-corrected chi connectivity index (χ0v) is 9.78. The van der Waals surface area contributed by atoms with E-state index in [2.05, 4.69) is 0 Å². The largest absolute Gasteiger partial charge is 0.707 e. The molecular formula is C10H14BClO4. The highest BCUT2D eigenvalue weighted by atomic mass is 35.5. The molecule has 0 unspecified atom stereocenters. The Morgan fingerprint density at radius 1 is 1.31 bits per heavy atom. The van der Waals surface area contributed by atoms with Crippen molar-refractivity contribution in [1.82, 2.24) is 0 Å². The van der Waals surface area contributed by atoms with Crippen LogP contribution in [0, 0.1) is 6.92 Å². The Balaban J connectivity index is 2.70. The van der Waals surface area contributed by atoms with Crippen LogP contribution in [0.4, 0.5) is 0 Å². The van der Waals surface area contributed by atoms with Crippen molar-refractivity contribution < 1.29 is 19.4 Å². The molecule has 0 saturated carbocycles. The van der Waals surface area contributed by atoms with E-state index < -0.39 is 7.32 Å². The van der Waals surface area contributed by atoms with E-state index in [9.17, 15) is 0 Å². The zero-order chi connectivity index (χ0) is 12.0. The molecule has 4 nitrogen and oxygen atoms in total. The predicted octanol–water partition coefficient (Wildman–Crippen LogP) is 1.35. The topological polar surface area (TPSA) is 58.9 Å². The van der Waals surface area contributed by atoms with Crippen molar-refractivity contribution in [3.05, 3.63) is 23.8 Å². The van der Waals surface area contributed by atoms with Crippen LogP contribution in [-0.2, 0) is 0 Å². The average Bonchev–Trinajstić information content (AvgIpc) is 2.23. The minimum Gasteiger partial charge on any atom is -0.512 e. The summed E-state index contributed by atoms with van der Waals surface area (Å²) >= 11 is 5.54. The number of hydrogen-bond donors (Lipinski definition) is 2. The van der Waals surface area contributed by atoms with Crippen LogP contribution in [0.2, 0.25) is 0 Å². The maximum atomic E-state index is 8.71. The minimum atomic E-state index is -1.82. The maximum absolute atomic E-state index is 8.71. The maximum Gasteiger partial charge on any atom is 0.707 e. The van der Waals surface area contributed by atoms with Gasteiger partial charge in [-0.1, -0.05) is 6.07 Å². The van der Waals surface area contributed by atoms with Crippen molar-refractivity contribution in [3.63, 3.8) is 0 Å². The van der Waals surface area contributed by atoms with E-state index in [0.29, 0.717) is 24.0 Å². The minimum absolute atomic E-state index is 0.387. The molecule has 0 saturated heterocycles. The molecule has 0 spiro atoms. The Labute approximate surface area is 99.9 Å². The van der Waals surface area contributed by atoms with E-state index in [4.69, 9.17) is 31.0 Å². The van der Waals surface area contributed by atoms with Crippen molar-refractivity contribution in [2.24, 2.45) is 0 Å². The summed E-state index contributed by atoms with van der Waals surface area (Å²) in [6.45, 7) is 2.31. The number of benzene rings is 1. The summed E-state index contributed by atoms with van der Waals surface area (Å²) in [6.07, 6.45) is 0.759. The second kappa shape index (κ2) is 6.63. The van der Waals surface area contributed by atoms with Gasteiger partial charge in [0.2, 0.25) is 0 Å². The molecular weight excluding hydrogens is 230 g/mol. The highest BCUT2D eigenvalue weighted by Gasteiger charge is 2.14. The van der Waals surface area contributed by atoms with Crippen LogP contribution in [0.15, 0.2) is 18.2 Å². The summed E-state index contributed by atoms with van der Waals surface area (Å²) in [5.74, 6) is 1.59. The third-order valence-corrected chi connectivity index (χ3v) is 2.27. The van der Waals surface area contributed by atoms with Gasteiger partial charge < -0.3 is 19.4 Å². The standard InChI is InChI=1S/C10H14BClO4/c1-8-9(15-7-3-6-12)4-2-5-10(8)16-11(13)14/h2,4-5,13-14H,3,6-7H2,1H3. The molecule has 0 heterocycles. The molecule has 0 aliphatic carbocycles. The van der Waals surface area contributed by atoms with E-state index in [1.165, 1.54) is 0 Å². The van der Waals surface area contributed by atoms with Gasteiger partial charge in [-0.15, -0.1) is 11.6 Å². The van der Waals surface area contributed by atoms with Gasteiger partial charge in [0.15, 0.2) is 0 Å². The van der Waals surface area contributed by atoms with Gasteiger partial charge in [-0.05, 0) is 25.5 Å². The van der Waals surface area contributed by atoms with E-state index in [0.717, 1.165) is 12.0 Å². The third-order valence-electron chi connectivity index (χ3n) is 2.00. The Hall–Kier alpha value is -0.905. The van der Waals surface area contributed by atoms with Crippen LogP contribution in [0.25, 0.3) is 0 Å². The average molecular weight is 244 g/mol. The van der Waals surface area contributed by atoms with Crippen molar-refractivity contribution >= 4 is 18.9 Å². The molecule has 0 aromatic heterocycles. The van der Waals surface area contributed by atoms with Crippen LogP contribution >= 0.6 is 11.6 Å². The monoisotopic (exact) mass is 244 g/mol. The van der Waals surface area contributed by atoms with Gasteiger partial charge >= 0.3 is 7.32 Å². The molecule has 0 amide bonds. The van der Waals surface area contributed by atoms with Crippen LogP contribution in [-0.4, -0.2) is 29.9 Å². The SMILES string of the molecule is Cc1c(OCCCCl)cccc1OB(O)O. The molecule has 1 aromatic rings. The van der Waals surface area contributed by atoms with Gasteiger partial charge in [0.05, 0.1) is 6.61 Å². The molecule has 0 aliphatic heterocycles. The lowest BCUT2D eigenvalue weighted by Crippen LogP contribution is -2.21. The number of hydrogen-bond acceptors (Lipinski definition) is 4. The molecule has 1 rings (SSSR count). The predicted molar refractivity (Wildman–Crippen MR) is 62.8 cm³/mol. The molecule has 0 radical (unpaired) electrons. The number of ether oxygens (including phenoxy) is 1. The third kappa shape index (κ3) is 3.92. The molecule has 2 N–H and O–H groups in total. The second-order valence-electron chi connectivity index (χ2n) is 3.21. The first-order chi connectivity index (χ1) is 7.65. The summed E-state index contributed by atoms with van der Waals surface area (Å²) in [7, 11) is -1.82. The Kier molecular flexibility index (Phi) is 5.45. The zero-order valence-electron chi connectivity index (χ0n) is 9.02. The Morgan fingerprint density at radius 3 is 2.62 bits per heavy atom. The first-order valence-electron chi connectivity index (χ1n) is 4.96. The van der Waals surface area contributed by atoms with Crippen LogP contribution in [0.3, 0.4) is 0 Å². The second-order valence-corrected chi connectivity index (χ2v) is 3.59. The van der Waals surface area contributed by atoms with Gasteiger partial charge in [0.25, 0.3) is 0 Å². The lowest BCUT2D eigenvalue weighted by Gasteiger charge is -2.13. The van der Waals surface area contributed by atoms with Crippen LogP contribution in [0.1, 0.15) is 12.0 Å². The van der Waals surface area contributed by atoms with Crippen molar-refractivity contribution in [3.8, 4) is 11.5 Å². The Bertz CT molecular complexity index is 333. The molecule has 0 atom stereocenters. The molecule has 0 aliphatic rings. The number of rotatable bonds is 6. The van der Waals surface area contributed by atoms with Gasteiger partial charge in [-0.25, -0.2) is 0 Å². The fourth-order valence-electron chi connectivity index (χ4n) is 1.23. The van der Waals surface area contributed by atoms with Gasteiger partial charge in [-0.2, -0.15) is 0 Å². The molecule has 0 bridgehead atoms. The lowest BCUT2D eigenvalue weighted by molar-refractivity contribution is 0.283. The molecule has 16 heavy (non-hydrogen) atoms. The normalized spacial score (nSPS) is 10.0. The fourth-order valence-corrected chi connectivity index (χ4v) is 1.34. The Morgan fingerprint density at radius 2 is 2.00 bits per heavy atom. The summed E-state index contributed by atoms with van der Waals surface area (Å²) in [6, 6.07) is 5.16. The summed E-state index contributed by atoms with van der Waals surface area (Å²) in [5.41, 5.74) is 0.727. The highest BCUT2D eigenvalue weighted by molar-refractivity contribution is 6.33. The van der Waals surface area contributed by atoms with Crippen molar-refractivity contribution in [1.29, 1.82) is 0 Å². The first kappa shape index (κ1) is 13.2. The number of alkyl halides is 1. The van der Waals surface area contributed by atoms with Crippen LogP contribution in [0.5, 0.6) is 11.5 Å². The molecule has 0 fully saturated rings. The van der Waals surface area contributed by atoms with Gasteiger partial charge in [-0.3, -0.25) is 0 Å². The van der Waals surface area contributed by atoms with Gasteiger partial charge in [0.1, 0.15) is 11.5 Å². The fraction of sp³-hybridized carbons (Fsp3) is 0.400. The molecule has 6 heteroatoms. The van der Waals surface area contributed by atoms with Gasteiger partial charge in [0, 0.05) is 11.4 Å². The van der Waals surface area contributed by atoms with E-state index in [-0.39, 0.29) is 0 Å². The van der Waals surface area contributed by atoms with E-state index in [1.807, 2.05) is 0 Å². The summed E-state index contributed by atoms with van der Waals surface area (Å²) in [5, 5.41) is 17.4.